The summed E-state index contributed by atoms with van der Waals surface area (Å²) in [4.78, 5) is 8.44. The van der Waals surface area contributed by atoms with E-state index < -0.39 is 0 Å². The third-order valence-corrected chi connectivity index (χ3v) is 3.87. The number of para-hydroxylation sites is 1. The van der Waals surface area contributed by atoms with Gasteiger partial charge in [-0.3, -0.25) is 4.99 Å². The summed E-state index contributed by atoms with van der Waals surface area (Å²) in [5.41, 5.74) is 6.26. The monoisotopic (exact) mass is 252 g/mol. The summed E-state index contributed by atoms with van der Waals surface area (Å²) < 4.78 is 0. The van der Waals surface area contributed by atoms with Crippen LogP contribution in [-0.4, -0.2) is 16.7 Å². The standard InChI is InChI=1S/C17H20N2/c1-4-7-15-17-13(10-16(18-15)11(2)3)12-8-5-6-9-14(12)19-17/h5-6,8-9,16,19H,2,4,7,10H2,1,3H3. The Morgan fingerprint density at radius 1 is 1.42 bits per heavy atom. The van der Waals surface area contributed by atoms with Crippen LogP contribution in [0.25, 0.3) is 10.9 Å². The molecule has 1 aromatic heterocycles. The van der Waals surface area contributed by atoms with E-state index in [0.29, 0.717) is 0 Å². The SMILES string of the molecule is C=C(C)C1Cc2c([nH]c3ccccc23)C(CCC)=N1. The van der Waals surface area contributed by atoms with Crippen LogP contribution in [0.1, 0.15) is 37.9 Å². The van der Waals surface area contributed by atoms with Gasteiger partial charge in [0.1, 0.15) is 0 Å². The van der Waals surface area contributed by atoms with Crippen molar-refractivity contribution in [3.05, 3.63) is 47.7 Å². The van der Waals surface area contributed by atoms with Gasteiger partial charge in [-0.2, -0.15) is 0 Å². The first-order valence-corrected chi connectivity index (χ1v) is 7.02. The molecule has 1 atom stereocenters. The minimum Gasteiger partial charge on any atom is -0.353 e. The number of fused-ring (bicyclic) bond motifs is 3. The normalized spacial score (nSPS) is 18.2. The number of rotatable bonds is 3. The number of hydrogen-bond donors (Lipinski definition) is 1. The lowest BCUT2D eigenvalue weighted by atomic mass is 9.93. The maximum absolute atomic E-state index is 4.89. The summed E-state index contributed by atoms with van der Waals surface area (Å²) in [6, 6.07) is 8.78. The lowest BCUT2D eigenvalue weighted by Gasteiger charge is -2.21. The van der Waals surface area contributed by atoms with Crippen LogP contribution in [0.4, 0.5) is 0 Å². The van der Waals surface area contributed by atoms with Gasteiger partial charge in [0, 0.05) is 17.3 Å². The van der Waals surface area contributed by atoms with Crippen LogP contribution in [0, 0.1) is 0 Å². The molecule has 2 heterocycles. The predicted molar refractivity (Wildman–Crippen MR) is 82.0 cm³/mol. The number of H-pyrrole nitrogens is 1. The van der Waals surface area contributed by atoms with Crippen molar-refractivity contribution in [2.75, 3.05) is 0 Å². The quantitative estimate of drug-likeness (QED) is 0.791. The Bertz CT molecular complexity index is 661. The third kappa shape index (κ3) is 2.01. The number of hydrogen-bond acceptors (Lipinski definition) is 1. The Hall–Kier alpha value is -1.83. The van der Waals surface area contributed by atoms with E-state index in [4.69, 9.17) is 4.99 Å². The highest BCUT2D eigenvalue weighted by atomic mass is 14.9. The molecule has 0 saturated heterocycles. The highest BCUT2D eigenvalue weighted by molar-refractivity contribution is 6.06. The molecule has 0 fully saturated rings. The molecule has 2 nitrogen and oxygen atoms in total. The van der Waals surface area contributed by atoms with E-state index in [1.807, 2.05) is 0 Å². The Balaban J connectivity index is 2.18. The number of aromatic nitrogens is 1. The molecule has 1 aliphatic heterocycles. The molecule has 0 aliphatic carbocycles. The molecular formula is C17H20N2. The van der Waals surface area contributed by atoms with Crippen LogP contribution in [0.2, 0.25) is 0 Å². The van der Waals surface area contributed by atoms with Gasteiger partial charge in [0.2, 0.25) is 0 Å². The molecule has 19 heavy (non-hydrogen) atoms. The average Bonchev–Trinajstić information content (AvgIpc) is 2.78. The van der Waals surface area contributed by atoms with Crippen LogP contribution in [-0.2, 0) is 6.42 Å². The van der Waals surface area contributed by atoms with Crippen molar-refractivity contribution in [2.45, 2.75) is 39.2 Å². The van der Waals surface area contributed by atoms with Crippen LogP contribution in [0.5, 0.6) is 0 Å². The van der Waals surface area contributed by atoms with Crippen molar-refractivity contribution in [3.8, 4) is 0 Å². The summed E-state index contributed by atoms with van der Waals surface area (Å²) in [6.45, 7) is 8.38. The van der Waals surface area contributed by atoms with Gasteiger partial charge < -0.3 is 4.98 Å². The largest absolute Gasteiger partial charge is 0.353 e. The molecule has 98 valence electrons. The summed E-state index contributed by atoms with van der Waals surface area (Å²) in [7, 11) is 0. The minimum atomic E-state index is 0.244. The van der Waals surface area contributed by atoms with Crippen molar-refractivity contribution in [1.29, 1.82) is 0 Å². The van der Waals surface area contributed by atoms with Crippen LogP contribution in [0.15, 0.2) is 41.4 Å². The summed E-state index contributed by atoms with van der Waals surface area (Å²) in [6.07, 6.45) is 3.13. The lowest BCUT2D eigenvalue weighted by Crippen LogP contribution is -2.21. The van der Waals surface area contributed by atoms with E-state index in [2.05, 4.69) is 49.7 Å². The van der Waals surface area contributed by atoms with E-state index >= 15 is 0 Å². The molecule has 2 heteroatoms. The summed E-state index contributed by atoms with van der Waals surface area (Å²) >= 11 is 0. The molecule has 1 unspecified atom stereocenters. The van der Waals surface area contributed by atoms with Crippen LogP contribution in [0.3, 0.4) is 0 Å². The van der Waals surface area contributed by atoms with Crippen LogP contribution >= 0.6 is 0 Å². The maximum Gasteiger partial charge on any atom is 0.0749 e. The number of nitrogens with one attached hydrogen (secondary N) is 1. The molecule has 2 aromatic rings. The van der Waals surface area contributed by atoms with Gasteiger partial charge in [-0.05, 0) is 25.0 Å². The summed E-state index contributed by atoms with van der Waals surface area (Å²) in [5.74, 6) is 0. The van der Waals surface area contributed by atoms with Gasteiger partial charge in [0.15, 0.2) is 0 Å². The zero-order chi connectivity index (χ0) is 13.4. The predicted octanol–water partition coefficient (Wildman–Crippen LogP) is 4.26. The van der Waals surface area contributed by atoms with Crippen LogP contribution < -0.4 is 0 Å². The second-order valence-corrected chi connectivity index (χ2v) is 5.42. The Morgan fingerprint density at radius 3 is 2.95 bits per heavy atom. The maximum atomic E-state index is 4.89. The number of benzene rings is 1. The van der Waals surface area contributed by atoms with Crippen molar-refractivity contribution < 1.29 is 0 Å². The number of nitrogens with zero attached hydrogens (tertiary/aromatic N) is 1. The van der Waals surface area contributed by atoms with Gasteiger partial charge in [-0.15, -0.1) is 0 Å². The van der Waals surface area contributed by atoms with Crippen molar-refractivity contribution in [1.82, 2.24) is 4.98 Å². The fourth-order valence-corrected chi connectivity index (χ4v) is 2.86. The highest BCUT2D eigenvalue weighted by Gasteiger charge is 2.24. The van der Waals surface area contributed by atoms with E-state index in [1.165, 1.54) is 27.9 Å². The molecule has 1 aliphatic rings. The molecule has 1 N–H and O–H groups in total. The fraction of sp³-hybridized carbons (Fsp3) is 0.353. The topological polar surface area (TPSA) is 28.1 Å². The van der Waals surface area contributed by atoms with E-state index in [9.17, 15) is 0 Å². The van der Waals surface area contributed by atoms with E-state index in [0.717, 1.165) is 24.8 Å². The zero-order valence-electron chi connectivity index (χ0n) is 11.7. The Labute approximate surface area is 114 Å². The first-order chi connectivity index (χ1) is 9.20. The van der Waals surface area contributed by atoms with Gasteiger partial charge in [0.25, 0.3) is 0 Å². The molecule has 3 rings (SSSR count). The smallest absolute Gasteiger partial charge is 0.0749 e. The van der Waals surface area contributed by atoms with Gasteiger partial charge in [-0.25, -0.2) is 0 Å². The van der Waals surface area contributed by atoms with Crippen molar-refractivity contribution in [3.63, 3.8) is 0 Å². The molecule has 0 radical (unpaired) electrons. The number of aromatic amines is 1. The Kier molecular flexibility index (Phi) is 3.02. The molecule has 0 bridgehead atoms. The highest BCUT2D eigenvalue weighted by Crippen LogP contribution is 2.30. The molecular weight excluding hydrogens is 232 g/mol. The van der Waals surface area contributed by atoms with Crippen molar-refractivity contribution >= 4 is 16.6 Å². The second-order valence-electron chi connectivity index (χ2n) is 5.42. The Morgan fingerprint density at radius 2 is 2.21 bits per heavy atom. The first-order valence-electron chi connectivity index (χ1n) is 7.02. The average molecular weight is 252 g/mol. The first kappa shape index (κ1) is 12.2. The van der Waals surface area contributed by atoms with Gasteiger partial charge in [0.05, 0.1) is 17.4 Å². The fourth-order valence-electron chi connectivity index (χ4n) is 2.86. The van der Waals surface area contributed by atoms with Crippen molar-refractivity contribution in [2.24, 2.45) is 4.99 Å². The number of aliphatic imine (C=N–C) groups is 1. The van der Waals surface area contributed by atoms with Gasteiger partial charge >= 0.3 is 0 Å². The van der Waals surface area contributed by atoms with E-state index in [1.54, 1.807) is 0 Å². The van der Waals surface area contributed by atoms with E-state index in [-0.39, 0.29) is 6.04 Å². The molecule has 0 amide bonds. The molecule has 0 spiro atoms. The second kappa shape index (κ2) is 4.69. The molecule has 1 aromatic carbocycles. The van der Waals surface area contributed by atoms with Gasteiger partial charge in [-0.1, -0.05) is 43.7 Å². The third-order valence-electron chi connectivity index (χ3n) is 3.87. The lowest BCUT2D eigenvalue weighted by molar-refractivity contribution is 0.748. The zero-order valence-corrected chi connectivity index (χ0v) is 11.7. The summed E-state index contributed by atoms with van der Waals surface area (Å²) in [5, 5.41) is 1.34. The minimum absolute atomic E-state index is 0.244. The molecule has 0 saturated carbocycles.